The Hall–Kier alpha value is -3.38. The molecule has 3 aliphatic heterocycles. The molecule has 0 unspecified atom stereocenters. The number of piperidine rings is 1. The second-order valence-electron chi connectivity index (χ2n) is 14.3. The lowest BCUT2D eigenvalue weighted by Gasteiger charge is -2.35. The third-order valence-electron chi connectivity index (χ3n) is 11.4. The van der Waals surface area contributed by atoms with Crippen molar-refractivity contribution in [3.05, 3.63) is 59.2 Å². The number of methoxy groups -OCH3 is 2. The molecule has 0 spiro atoms. The number of nitrogens with zero attached hydrogens (tertiary/aromatic N) is 3. The van der Waals surface area contributed by atoms with Crippen LogP contribution in [0.25, 0.3) is 0 Å². The number of likely N-dealkylation sites (tertiary alicyclic amines) is 2. The molecule has 1 saturated carbocycles. The van der Waals surface area contributed by atoms with Gasteiger partial charge in [0.15, 0.2) is 0 Å². The van der Waals surface area contributed by atoms with E-state index in [9.17, 15) is 27.9 Å². The molecule has 4 atom stereocenters. The zero-order valence-electron chi connectivity index (χ0n) is 28.3. The summed E-state index contributed by atoms with van der Waals surface area (Å²) in [5.74, 6) is -2.78. The summed E-state index contributed by atoms with van der Waals surface area (Å²) in [4.78, 5) is 31.7. The third kappa shape index (κ3) is 7.27. The van der Waals surface area contributed by atoms with Gasteiger partial charge in [-0.15, -0.1) is 0 Å². The molecule has 8 nitrogen and oxygen atoms in total. The minimum atomic E-state index is -4.57. The van der Waals surface area contributed by atoms with Crippen LogP contribution in [0.4, 0.5) is 23.2 Å². The van der Waals surface area contributed by atoms with Crippen LogP contribution in [-0.2, 0) is 20.5 Å². The number of halogens is 4. The summed E-state index contributed by atoms with van der Waals surface area (Å²) in [6.07, 6.45) is 1.33. The first-order valence-electron chi connectivity index (χ1n) is 17.5. The van der Waals surface area contributed by atoms with Crippen molar-refractivity contribution in [1.29, 1.82) is 0 Å². The highest BCUT2D eigenvalue weighted by molar-refractivity contribution is 5.88. The van der Waals surface area contributed by atoms with E-state index in [2.05, 4.69) is 4.90 Å². The predicted molar refractivity (Wildman–Crippen MR) is 177 cm³/mol. The molecule has 4 fully saturated rings. The monoisotopic (exact) mass is 689 g/mol. The fourth-order valence-corrected chi connectivity index (χ4v) is 8.71. The van der Waals surface area contributed by atoms with Gasteiger partial charge < -0.3 is 24.4 Å². The smallest absolute Gasteiger partial charge is 0.416 e. The lowest BCUT2D eigenvalue weighted by Crippen LogP contribution is -2.50. The molecule has 1 amide bonds. The van der Waals surface area contributed by atoms with E-state index in [1.54, 1.807) is 31.3 Å². The maximum atomic E-state index is 17.7. The molecular weight excluding hydrogens is 642 g/mol. The van der Waals surface area contributed by atoms with Crippen molar-refractivity contribution in [2.75, 3.05) is 65.0 Å². The van der Waals surface area contributed by atoms with E-state index < -0.39 is 47.0 Å². The van der Waals surface area contributed by atoms with E-state index in [1.807, 2.05) is 17.0 Å². The van der Waals surface area contributed by atoms with Crippen molar-refractivity contribution in [2.45, 2.75) is 74.7 Å². The maximum Gasteiger partial charge on any atom is 0.416 e. The number of carbonyl (C=O) groups excluding carboxylic acids is 1. The molecule has 1 N–H and O–H groups in total. The number of anilines is 1. The molecule has 2 aromatic rings. The Bertz CT molecular complexity index is 1480. The minimum Gasteiger partial charge on any atom is -0.497 e. The molecule has 3 heterocycles. The highest BCUT2D eigenvalue weighted by Gasteiger charge is 2.57. The number of hydrogen-bond donors (Lipinski definition) is 1. The van der Waals surface area contributed by atoms with Gasteiger partial charge in [0.25, 0.3) is 5.91 Å². The predicted octanol–water partition coefficient (Wildman–Crippen LogP) is 6.34. The van der Waals surface area contributed by atoms with Gasteiger partial charge in [-0.25, -0.2) is 4.39 Å². The SMILES string of the molecule is COC[C@H]1CN(C(=O)[C@]2(F)CN(C3CCCCC3)C[C@H]2c2ccc(OC)cc2)C[C@@H]1c1ccc(C(F)(F)F)cc1N1CCC(C(=O)O)CC1. The average molecular weight is 690 g/mol. The molecule has 0 bridgehead atoms. The topological polar surface area (TPSA) is 82.6 Å². The Morgan fingerprint density at radius 2 is 1.63 bits per heavy atom. The van der Waals surface area contributed by atoms with Crippen LogP contribution in [0.15, 0.2) is 42.5 Å². The second kappa shape index (κ2) is 14.5. The van der Waals surface area contributed by atoms with Crippen LogP contribution in [0, 0.1) is 11.8 Å². The van der Waals surface area contributed by atoms with Crippen molar-refractivity contribution >= 4 is 17.6 Å². The van der Waals surface area contributed by atoms with Gasteiger partial charge in [0.05, 0.1) is 25.2 Å². The van der Waals surface area contributed by atoms with Crippen LogP contribution < -0.4 is 9.64 Å². The number of benzene rings is 2. The molecule has 3 saturated heterocycles. The minimum absolute atomic E-state index is 0.00659. The number of hydrogen-bond acceptors (Lipinski definition) is 6. The van der Waals surface area contributed by atoms with Gasteiger partial charge in [-0.2, -0.15) is 13.2 Å². The molecule has 49 heavy (non-hydrogen) atoms. The Labute approximate surface area is 285 Å². The van der Waals surface area contributed by atoms with Crippen LogP contribution in [0.3, 0.4) is 0 Å². The summed E-state index contributed by atoms with van der Waals surface area (Å²) < 4.78 is 70.5. The van der Waals surface area contributed by atoms with E-state index in [0.717, 1.165) is 49.8 Å². The van der Waals surface area contributed by atoms with E-state index in [1.165, 1.54) is 6.07 Å². The quantitative estimate of drug-likeness (QED) is 0.308. The number of aliphatic carboxylic acids is 1. The van der Waals surface area contributed by atoms with Crippen LogP contribution in [0.5, 0.6) is 5.75 Å². The van der Waals surface area contributed by atoms with Gasteiger partial charge in [0, 0.05) is 75.9 Å². The van der Waals surface area contributed by atoms with Gasteiger partial charge in [0.1, 0.15) is 5.75 Å². The molecule has 4 aliphatic rings. The molecule has 1 aliphatic carbocycles. The third-order valence-corrected chi connectivity index (χ3v) is 11.4. The number of carboxylic acids is 1. The fraction of sp³-hybridized carbons (Fsp3) is 0.622. The first-order chi connectivity index (χ1) is 23.4. The van der Waals surface area contributed by atoms with Crippen LogP contribution in [0.2, 0.25) is 0 Å². The van der Waals surface area contributed by atoms with Crippen LogP contribution in [-0.4, -0.2) is 98.6 Å². The van der Waals surface area contributed by atoms with Gasteiger partial charge >= 0.3 is 12.1 Å². The summed E-state index contributed by atoms with van der Waals surface area (Å²) in [5.41, 5.74) is -1.24. The highest BCUT2D eigenvalue weighted by atomic mass is 19.4. The number of carboxylic acid groups (broad SMARTS) is 1. The average Bonchev–Trinajstić information content (AvgIpc) is 3.69. The van der Waals surface area contributed by atoms with Gasteiger partial charge in [-0.05, 0) is 61.1 Å². The Morgan fingerprint density at radius 1 is 0.939 bits per heavy atom. The molecule has 0 aromatic heterocycles. The van der Waals surface area contributed by atoms with Gasteiger partial charge in [-0.3, -0.25) is 14.5 Å². The summed E-state index contributed by atoms with van der Waals surface area (Å²) in [7, 11) is 3.11. The van der Waals surface area contributed by atoms with Crippen LogP contribution >= 0.6 is 0 Å². The molecule has 6 rings (SSSR count). The molecule has 0 radical (unpaired) electrons. The lowest BCUT2D eigenvalue weighted by molar-refractivity contribution is -0.143. The van der Waals surface area contributed by atoms with E-state index in [-0.39, 0.29) is 38.2 Å². The second-order valence-corrected chi connectivity index (χ2v) is 14.3. The summed E-state index contributed by atoms with van der Waals surface area (Å²) in [6.45, 7) is 1.60. The molecule has 268 valence electrons. The Morgan fingerprint density at radius 3 is 2.24 bits per heavy atom. The zero-order chi connectivity index (χ0) is 34.9. The van der Waals surface area contributed by atoms with E-state index >= 15 is 4.39 Å². The normalized spacial score (nSPS) is 27.5. The highest BCUT2D eigenvalue weighted by Crippen LogP contribution is 2.47. The first-order valence-corrected chi connectivity index (χ1v) is 17.5. The van der Waals surface area contributed by atoms with E-state index in [0.29, 0.717) is 49.5 Å². The maximum absolute atomic E-state index is 17.7. The van der Waals surface area contributed by atoms with E-state index in [4.69, 9.17) is 9.47 Å². The number of alkyl halides is 4. The number of carbonyl (C=O) groups is 2. The summed E-state index contributed by atoms with van der Waals surface area (Å²) >= 11 is 0. The lowest BCUT2D eigenvalue weighted by atomic mass is 9.85. The summed E-state index contributed by atoms with van der Waals surface area (Å²) in [6, 6.07) is 11.1. The fourth-order valence-electron chi connectivity index (χ4n) is 8.71. The van der Waals surface area contributed by atoms with Gasteiger partial charge in [0.2, 0.25) is 5.67 Å². The van der Waals surface area contributed by atoms with Crippen molar-refractivity contribution in [1.82, 2.24) is 9.80 Å². The van der Waals surface area contributed by atoms with Crippen molar-refractivity contribution in [2.24, 2.45) is 11.8 Å². The Kier molecular flexibility index (Phi) is 10.5. The largest absolute Gasteiger partial charge is 0.497 e. The number of ether oxygens (including phenoxy) is 2. The zero-order valence-corrected chi connectivity index (χ0v) is 28.3. The van der Waals surface area contributed by atoms with Crippen LogP contribution in [0.1, 0.15) is 73.5 Å². The molecule has 2 aromatic carbocycles. The molecular formula is C37H47F4N3O5. The number of amides is 1. The van der Waals surface area contributed by atoms with Crippen molar-refractivity contribution in [3.63, 3.8) is 0 Å². The molecule has 12 heteroatoms. The standard InChI is InChI=1S/C37H47F4N3O5/c1-48-22-26-19-43(20-31(26)30-13-10-27(37(39,40)41)18-33(30)42-16-14-25(15-17-42)34(45)46)35(47)36(38)23-44(28-6-4-3-5-7-28)21-32(36)24-8-11-29(49-2)12-9-24/h8-13,18,25-26,28,31-32H,3-7,14-17,19-23H2,1-2H3,(H,45,46)/t26-,31+,32+,36+/m1/s1. The van der Waals surface area contributed by atoms with Crippen molar-refractivity contribution < 1.29 is 41.7 Å². The van der Waals surface area contributed by atoms with Crippen molar-refractivity contribution in [3.8, 4) is 5.75 Å². The first kappa shape index (κ1) is 35.4. The summed E-state index contributed by atoms with van der Waals surface area (Å²) in [5, 5.41) is 9.51. The number of rotatable bonds is 9. The van der Waals surface area contributed by atoms with Gasteiger partial charge in [-0.1, -0.05) is 37.5 Å². The Balaban J connectivity index is 1.31.